The number of fused-ring (bicyclic) bond motifs is 1. The predicted molar refractivity (Wildman–Crippen MR) is 61.7 cm³/mol. The van der Waals surface area contributed by atoms with E-state index in [2.05, 4.69) is 10.3 Å². The molecule has 1 aromatic carbocycles. The average Bonchev–Trinajstić information content (AvgIpc) is 2.35. The lowest BCUT2D eigenvalue weighted by Gasteiger charge is -2.03. The van der Waals surface area contributed by atoms with Gasteiger partial charge < -0.3 is 10.4 Å². The quantitative estimate of drug-likeness (QED) is 0.855. The monoisotopic (exact) mass is 248 g/mol. The molecule has 0 unspecified atom stereocenters. The molecule has 18 heavy (non-hydrogen) atoms. The molecular weight excluding hydrogens is 239 g/mol. The summed E-state index contributed by atoms with van der Waals surface area (Å²) in [5, 5.41) is 11.2. The van der Waals surface area contributed by atoms with Crippen LogP contribution in [0.5, 0.6) is 0 Å². The van der Waals surface area contributed by atoms with E-state index in [1.807, 2.05) is 0 Å². The molecule has 6 heteroatoms. The number of halogens is 1. The fraction of sp³-hybridized carbons (Fsp3) is 0.0833. The van der Waals surface area contributed by atoms with Crippen molar-refractivity contribution in [3.05, 3.63) is 41.8 Å². The summed E-state index contributed by atoms with van der Waals surface area (Å²) in [6, 6.07) is 6.98. The number of pyridine rings is 1. The van der Waals surface area contributed by atoms with Crippen molar-refractivity contribution in [1.29, 1.82) is 0 Å². The van der Waals surface area contributed by atoms with Crippen LogP contribution in [-0.2, 0) is 4.79 Å². The minimum Gasteiger partial charge on any atom is -0.480 e. The topological polar surface area (TPSA) is 79.3 Å². The van der Waals surface area contributed by atoms with Gasteiger partial charge in [-0.1, -0.05) is 6.07 Å². The number of carboxylic acids is 1. The van der Waals surface area contributed by atoms with E-state index < -0.39 is 18.4 Å². The zero-order valence-corrected chi connectivity index (χ0v) is 9.18. The van der Waals surface area contributed by atoms with E-state index in [4.69, 9.17) is 5.11 Å². The Bertz CT molecular complexity index is 628. The molecule has 0 bridgehead atoms. The summed E-state index contributed by atoms with van der Waals surface area (Å²) in [7, 11) is 0. The SMILES string of the molecule is O=C(O)CNC(=O)c1ccc2cc(F)ccc2n1. The van der Waals surface area contributed by atoms with Crippen LogP contribution in [0.3, 0.4) is 0 Å². The van der Waals surface area contributed by atoms with Crippen molar-refractivity contribution in [3.8, 4) is 0 Å². The van der Waals surface area contributed by atoms with E-state index >= 15 is 0 Å². The van der Waals surface area contributed by atoms with Crippen LogP contribution in [0.25, 0.3) is 10.9 Å². The minimum atomic E-state index is -1.13. The van der Waals surface area contributed by atoms with E-state index in [1.165, 1.54) is 24.3 Å². The molecule has 1 aromatic heterocycles. The number of rotatable bonds is 3. The van der Waals surface area contributed by atoms with E-state index in [9.17, 15) is 14.0 Å². The van der Waals surface area contributed by atoms with E-state index in [0.29, 0.717) is 10.9 Å². The molecule has 0 saturated heterocycles. The highest BCUT2D eigenvalue weighted by atomic mass is 19.1. The van der Waals surface area contributed by atoms with Gasteiger partial charge in [0.05, 0.1) is 5.52 Å². The smallest absolute Gasteiger partial charge is 0.322 e. The van der Waals surface area contributed by atoms with E-state index in [0.717, 1.165) is 0 Å². The normalized spacial score (nSPS) is 10.3. The number of nitrogens with zero attached hydrogens (tertiary/aromatic N) is 1. The molecule has 0 atom stereocenters. The number of aromatic nitrogens is 1. The minimum absolute atomic E-state index is 0.0929. The molecule has 0 fully saturated rings. The molecule has 92 valence electrons. The van der Waals surface area contributed by atoms with Crippen molar-refractivity contribution in [1.82, 2.24) is 10.3 Å². The Morgan fingerprint density at radius 2 is 2.06 bits per heavy atom. The van der Waals surface area contributed by atoms with Gasteiger partial charge in [-0.2, -0.15) is 0 Å². The van der Waals surface area contributed by atoms with Gasteiger partial charge in [0.1, 0.15) is 18.1 Å². The third-order valence-corrected chi connectivity index (χ3v) is 2.28. The fourth-order valence-electron chi connectivity index (χ4n) is 1.47. The Hall–Kier alpha value is -2.50. The number of aliphatic carboxylic acids is 1. The van der Waals surface area contributed by atoms with Crippen LogP contribution in [0.15, 0.2) is 30.3 Å². The van der Waals surface area contributed by atoms with Crippen molar-refractivity contribution >= 4 is 22.8 Å². The van der Waals surface area contributed by atoms with Crippen LogP contribution in [0.1, 0.15) is 10.5 Å². The van der Waals surface area contributed by atoms with Crippen LogP contribution in [0.4, 0.5) is 4.39 Å². The van der Waals surface area contributed by atoms with Gasteiger partial charge >= 0.3 is 5.97 Å². The first-order valence-corrected chi connectivity index (χ1v) is 5.12. The van der Waals surface area contributed by atoms with Crippen LogP contribution in [-0.4, -0.2) is 28.5 Å². The summed E-state index contributed by atoms with van der Waals surface area (Å²) >= 11 is 0. The number of carbonyl (C=O) groups is 2. The van der Waals surface area contributed by atoms with Crippen molar-refractivity contribution < 1.29 is 19.1 Å². The molecule has 2 N–H and O–H groups in total. The summed E-state index contributed by atoms with van der Waals surface area (Å²) in [6.07, 6.45) is 0. The molecule has 1 amide bonds. The lowest BCUT2D eigenvalue weighted by Crippen LogP contribution is -2.29. The second-order valence-electron chi connectivity index (χ2n) is 3.61. The zero-order valence-electron chi connectivity index (χ0n) is 9.18. The fourth-order valence-corrected chi connectivity index (χ4v) is 1.47. The molecule has 0 aliphatic heterocycles. The average molecular weight is 248 g/mol. The summed E-state index contributed by atoms with van der Waals surface area (Å²) in [5.74, 6) is -2.10. The zero-order chi connectivity index (χ0) is 13.1. The molecule has 2 aromatic rings. The summed E-state index contributed by atoms with van der Waals surface area (Å²) in [4.78, 5) is 25.9. The number of nitrogens with one attached hydrogen (secondary N) is 1. The van der Waals surface area contributed by atoms with Gasteiger partial charge in [0, 0.05) is 5.39 Å². The highest BCUT2D eigenvalue weighted by molar-refractivity contribution is 5.96. The van der Waals surface area contributed by atoms with Crippen molar-refractivity contribution in [2.45, 2.75) is 0 Å². The standard InChI is InChI=1S/C12H9FN2O3/c13-8-2-4-9-7(5-8)1-3-10(15-9)12(18)14-6-11(16)17/h1-5H,6H2,(H,14,18)(H,16,17). The maximum atomic E-state index is 12.9. The molecular formula is C12H9FN2O3. The third kappa shape index (κ3) is 2.60. The number of carboxylic acid groups (broad SMARTS) is 1. The first-order chi connectivity index (χ1) is 8.56. The van der Waals surface area contributed by atoms with E-state index in [-0.39, 0.29) is 11.5 Å². The molecule has 2 rings (SSSR count). The van der Waals surface area contributed by atoms with E-state index in [1.54, 1.807) is 6.07 Å². The second-order valence-corrected chi connectivity index (χ2v) is 3.61. The van der Waals surface area contributed by atoms with Crippen LogP contribution >= 0.6 is 0 Å². The lowest BCUT2D eigenvalue weighted by molar-refractivity contribution is -0.135. The summed E-state index contributed by atoms with van der Waals surface area (Å²) in [5.41, 5.74) is 0.565. The van der Waals surface area contributed by atoms with Gasteiger partial charge in [-0.05, 0) is 24.3 Å². The maximum Gasteiger partial charge on any atom is 0.322 e. The molecule has 0 aliphatic carbocycles. The molecule has 0 saturated carbocycles. The van der Waals surface area contributed by atoms with Gasteiger partial charge in [-0.15, -0.1) is 0 Å². The maximum absolute atomic E-state index is 12.9. The summed E-state index contributed by atoms with van der Waals surface area (Å²) < 4.78 is 12.9. The van der Waals surface area contributed by atoms with Gasteiger partial charge in [0.15, 0.2) is 0 Å². The molecule has 0 spiro atoms. The van der Waals surface area contributed by atoms with Crippen LogP contribution < -0.4 is 5.32 Å². The third-order valence-electron chi connectivity index (χ3n) is 2.28. The number of hydrogen-bond acceptors (Lipinski definition) is 3. The molecule has 1 heterocycles. The number of amides is 1. The lowest BCUT2D eigenvalue weighted by atomic mass is 10.2. The first kappa shape index (κ1) is 12.0. The summed E-state index contributed by atoms with van der Waals surface area (Å²) in [6.45, 7) is -0.470. The molecule has 0 aliphatic rings. The first-order valence-electron chi connectivity index (χ1n) is 5.12. The van der Waals surface area contributed by atoms with Gasteiger partial charge in [-0.3, -0.25) is 9.59 Å². The largest absolute Gasteiger partial charge is 0.480 e. The number of benzene rings is 1. The van der Waals surface area contributed by atoms with Gasteiger partial charge in [0.25, 0.3) is 5.91 Å². The van der Waals surface area contributed by atoms with Crippen LogP contribution in [0.2, 0.25) is 0 Å². The predicted octanol–water partition coefficient (Wildman–Crippen LogP) is 1.19. The Labute approximate surface area is 101 Å². The number of carbonyl (C=O) groups excluding carboxylic acids is 1. The Balaban J connectivity index is 2.27. The number of hydrogen-bond donors (Lipinski definition) is 2. The Morgan fingerprint density at radius 1 is 1.28 bits per heavy atom. The van der Waals surface area contributed by atoms with Crippen molar-refractivity contribution in [3.63, 3.8) is 0 Å². The molecule has 0 radical (unpaired) electrons. The van der Waals surface area contributed by atoms with Crippen molar-refractivity contribution in [2.75, 3.05) is 6.54 Å². The molecule has 5 nitrogen and oxygen atoms in total. The van der Waals surface area contributed by atoms with Crippen molar-refractivity contribution in [2.24, 2.45) is 0 Å². The van der Waals surface area contributed by atoms with Gasteiger partial charge in [-0.25, -0.2) is 9.37 Å². The highest BCUT2D eigenvalue weighted by Gasteiger charge is 2.09. The second kappa shape index (κ2) is 4.79. The van der Waals surface area contributed by atoms with Crippen LogP contribution in [0, 0.1) is 5.82 Å². The highest BCUT2D eigenvalue weighted by Crippen LogP contribution is 2.14. The van der Waals surface area contributed by atoms with Gasteiger partial charge in [0.2, 0.25) is 0 Å². The Kier molecular flexibility index (Phi) is 3.18. The Morgan fingerprint density at radius 3 is 2.78 bits per heavy atom.